The molecule has 0 saturated carbocycles. The van der Waals surface area contributed by atoms with E-state index in [1.54, 1.807) is 0 Å². The first-order valence-corrected chi connectivity index (χ1v) is 6.77. The third-order valence-corrected chi connectivity index (χ3v) is 3.11. The number of rotatable bonds is 5. The standard InChI is InChI=1S/C17H21NO/c1-4-18-14(3)16-10-5-6-11-17(16)19-15-9-7-8-13(2)12-15/h5-12,14,18H,4H2,1-3H3. The van der Waals surface area contributed by atoms with Gasteiger partial charge in [0.25, 0.3) is 0 Å². The van der Waals surface area contributed by atoms with Crippen LogP contribution in [-0.4, -0.2) is 6.54 Å². The lowest BCUT2D eigenvalue weighted by molar-refractivity contribution is 0.463. The Morgan fingerprint density at radius 2 is 1.89 bits per heavy atom. The summed E-state index contributed by atoms with van der Waals surface area (Å²) in [7, 11) is 0. The molecule has 0 aliphatic carbocycles. The molecule has 0 aliphatic heterocycles. The molecule has 1 unspecified atom stereocenters. The van der Waals surface area contributed by atoms with Crippen molar-refractivity contribution in [3.63, 3.8) is 0 Å². The summed E-state index contributed by atoms with van der Waals surface area (Å²) < 4.78 is 6.02. The molecule has 2 heteroatoms. The van der Waals surface area contributed by atoms with Crippen molar-refractivity contribution in [2.75, 3.05) is 6.54 Å². The highest BCUT2D eigenvalue weighted by Crippen LogP contribution is 2.29. The quantitative estimate of drug-likeness (QED) is 0.851. The number of aryl methyl sites for hydroxylation is 1. The zero-order valence-corrected chi connectivity index (χ0v) is 11.8. The van der Waals surface area contributed by atoms with Crippen LogP contribution in [0.1, 0.15) is 31.0 Å². The minimum Gasteiger partial charge on any atom is -0.457 e. The molecule has 2 nitrogen and oxygen atoms in total. The normalized spacial score (nSPS) is 12.2. The predicted molar refractivity (Wildman–Crippen MR) is 79.8 cm³/mol. The van der Waals surface area contributed by atoms with Crippen molar-refractivity contribution in [1.82, 2.24) is 5.32 Å². The van der Waals surface area contributed by atoms with Gasteiger partial charge in [-0.15, -0.1) is 0 Å². The van der Waals surface area contributed by atoms with Gasteiger partial charge in [0.15, 0.2) is 0 Å². The van der Waals surface area contributed by atoms with Crippen LogP contribution < -0.4 is 10.1 Å². The van der Waals surface area contributed by atoms with Gasteiger partial charge in [-0.2, -0.15) is 0 Å². The number of ether oxygens (including phenoxy) is 1. The number of benzene rings is 2. The first-order chi connectivity index (χ1) is 9.20. The molecule has 0 radical (unpaired) electrons. The molecular formula is C17H21NO. The monoisotopic (exact) mass is 255 g/mol. The van der Waals surface area contributed by atoms with Crippen LogP contribution in [0.4, 0.5) is 0 Å². The van der Waals surface area contributed by atoms with Crippen molar-refractivity contribution in [2.45, 2.75) is 26.8 Å². The smallest absolute Gasteiger partial charge is 0.132 e. The van der Waals surface area contributed by atoms with Gasteiger partial charge in [0, 0.05) is 11.6 Å². The Kier molecular flexibility index (Phi) is 4.58. The molecule has 2 aromatic carbocycles. The Bertz CT molecular complexity index is 536. The summed E-state index contributed by atoms with van der Waals surface area (Å²) in [6.07, 6.45) is 0. The molecule has 1 atom stereocenters. The third kappa shape index (κ3) is 3.58. The molecular weight excluding hydrogens is 234 g/mol. The first kappa shape index (κ1) is 13.6. The minimum absolute atomic E-state index is 0.283. The van der Waals surface area contributed by atoms with E-state index in [2.05, 4.69) is 44.3 Å². The number of hydrogen-bond acceptors (Lipinski definition) is 2. The van der Waals surface area contributed by atoms with E-state index >= 15 is 0 Å². The van der Waals surface area contributed by atoms with E-state index in [4.69, 9.17) is 4.74 Å². The van der Waals surface area contributed by atoms with Crippen molar-refractivity contribution >= 4 is 0 Å². The van der Waals surface area contributed by atoms with Gasteiger partial charge in [-0.25, -0.2) is 0 Å². The van der Waals surface area contributed by atoms with Crippen molar-refractivity contribution < 1.29 is 4.74 Å². The van der Waals surface area contributed by atoms with E-state index in [-0.39, 0.29) is 6.04 Å². The van der Waals surface area contributed by atoms with E-state index in [9.17, 15) is 0 Å². The lowest BCUT2D eigenvalue weighted by atomic mass is 10.1. The highest BCUT2D eigenvalue weighted by atomic mass is 16.5. The summed E-state index contributed by atoms with van der Waals surface area (Å²) >= 11 is 0. The Balaban J connectivity index is 2.25. The van der Waals surface area contributed by atoms with Crippen molar-refractivity contribution in [1.29, 1.82) is 0 Å². The van der Waals surface area contributed by atoms with Crippen LogP contribution in [0.15, 0.2) is 48.5 Å². The SMILES string of the molecule is CCNC(C)c1ccccc1Oc1cccc(C)c1. The van der Waals surface area contributed by atoms with Crippen LogP contribution in [-0.2, 0) is 0 Å². The zero-order valence-electron chi connectivity index (χ0n) is 11.8. The van der Waals surface area contributed by atoms with Crippen LogP contribution in [0, 0.1) is 6.92 Å². The molecule has 0 fully saturated rings. The molecule has 0 heterocycles. The highest BCUT2D eigenvalue weighted by molar-refractivity contribution is 5.40. The molecule has 0 aromatic heterocycles. The summed E-state index contributed by atoms with van der Waals surface area (Å²) in [6, 6.07) is 16.6. The second-order valence-electron chi connectivity index (χ2n) is 4.74. The van der Waals surface area contributed by atoms with Gasteiger partial charge < -0.3 is 10.1 Å². The van der Waals surface area contributed by atoms with Crippen LogP contribution in [0.25, 0.3) is 0 Å². The molecule has 19 heavy (non-hydrogen) atoms. The molecule has 0 saturated heterocycles. The van der Waals surface area contributed by atoms with Gasteiger partial charge in [0.2, 0.25) is 0 Å². The Morgan fingerprint density at radius 3 is 2.63 bits per heavy atom. The second-order valence-corrected chi connectivity index (χ2v) is 4.74. The topological polar surface area (TPSA) is 21.3 Å². The molecule has 0 amide bonds. The molecule has 0 aliphatic rings. The molecule has 0 spiro atoms. The van der Waals surface area contributed by atoms with Gasteiger partial charge in [-0.05, 0) is 44.2 Å². The summed E-state index contributed by atoms with van der Waals surface area (Å²) in [5.41, 5.74) is 2.39. The largest absolute Gasteiger partial charge is 0.457 e. The van der Waals surface area contributed by atoms with Gasteiger partial charge in [-0.3, -0.25) is 0 Å². The number of para-hydroxylation sites is 1. The maximum atomic E-state index is 6.02. The van der Waals surface area contributed by atoms with Crippen molar-refractivity contribution in [3.8, 4) is 11.5 Å². The second kappa shape index (κ2) is 6.39. The van der Waals surface area contributed by atoms with Gasteiger partial charge in [-0.1, -0.05) is 37.3 Å². The maximum absolute atomic E-state index is 6.02. The summed E-state index contributed by atoms with van der Waals surface area (Å²) in [4.78, 5) is 0. The van der Waals surface area contributed by atoms with E-state index < -0.39 is 0 Å². The van der Waals surface area contributed by atoms with Crippen molar-refractivity contribution in [2.24, 2.45) is 0 Å². The van der Waals surface area contributed by atoms with Gasteiger partial charge >= 0.3 is 0 Å². The molecule has 2 aromatic rings. The highest BCUT2D eigenvalue weighted by Gasteiger charge is 2.10. The number of hydrogen-bond donors (Lipinski definition) is 1. The van der Waals surface area contributed by atoms with Gasteiger partial charge in [0.05, 0.1) is 0 Å². The van der Waals surface area contributed by atoms with Crippen LogP contribution in [0.5, 0.6) is 11.5 Å². The maximum Gasteiger partial charge on any atom is 0.132 e. The van der Waals surface area contributed by atoms with Crippen LogP contribution in [0.2, 0.25) is 0 Å². The Hall–Kier alpha value is -1.80. The van der Waals surface area contributed by atoms with Crippen molar-refractivity contribution in [3.05, 3.63) is 59.7 Å². The first-order valence-electron chi connectivity index (χ1n) is 6.77. The molecule has 2 rings (SSSR count). The average molecular weight is 255 g/mol. The minimum atomic E-state index is 0.283. The van der Waals surface area contributed by atoms with Gasteiger partial charge in [0.1, 0.15) is 11.5 Å². The Morgan fingerprint density at radius 1 is 1.11 bits per heavy atom. The van der Waals surface area contributed by atoms with E-state index in [0.717, 1.165) is 18.0 Å². The zero-order chi connectivity index (χ0) is 13.7. The lowest BCUT2D eigenvalue weighted by Gasteiger charge is -2.17. The predicted octanol–water partition coefficient (Wildman–Crippen LogP) is 4.46. The summed E-state index contributed by atoms with van der Waals surface area (Å²) in [5, 5.41) is 3.42. The number of nitrogens with one attached hydrogen (secondary N) is 1. The van der Waals surface area contributed by atoms with E-state index in [1.807, 2.05) is 30.3 Å². The molecule has 100 valence electrons. The fraction of sp³-hybridized carbons (Fsp3) is 0.294. The van der Waals surface area contributed by atoms with E-state index in [0.29, 0.717) is 0 Å². The summed E-state index contributed by atoms with van der Waals surface area (Å²) in [6.45, 7) is 7.28. The average Bonchev–Trinajstić information content (AvgIpc) is 2.39. The van der Waals surface area contributed by atoms with E-state index in [1.165, 1.54) is 11.1 Å². The molecule has 1 N–H and O–H groups in total. The fourth-order valence-corrected chi connectivity index (χ4v) is 2.15. The Labute approximate surface area is 115 Å². The lowest BCUT2D eigenvalue weighted by Crippen LogP contribution is -2.18. The summed E-state index contributed by atoms with van der Waals surface area (Å²) in [5.74, 6) is 1.80. The molecule has 0 bridgehead atoms. The van der Waals surface area contributed by atoms with Crippen LogP contribution in [0.3, 0.4) is 0 Å². The fourth-order valence-electron chi connectivity index (χ4n) is 2.15. The third-order valence-electron chi connectivity index (χ3n) is 3.11. The van der Waals surface area contributed by atoms with Crippen LogP contribution >= 0.6 is 0 Å².